The smallest absolute Gasteiger partial charge is 0.172 e. The second-order valence-electron chi connectivity index (χ2n) is 14.2. The molecule has 4 aromatic carbocycles. The van der Waals surface area contributed by atoms with Crippen molar-refractivity contribution in [1.82, 2.24) is 24.9 Å². The molecule has 0 bridgehead atoms. The molecule has 260 valence electrons. The molecule has 4 atom stereocenters. The normalized spacial score (nSPS) is 21.6. The van der Waals surface area contributed by atoms with Crippen LogP contribution in [0.25, 0.3) is 0 Å². The van der Waals surface area contributed by atoms with E-state index in [1.165, 1.54) is 35.1 Å². The summed E-state index contributed by atoms with van der Waals surface area (Å²) in [6, 6.07) is 41.5. The van der Waals surface area contributed by atoms with Gasteiger partial charge in [-0.2, -0.15) is 0 Å². The molecule has 3 fully saturated rings. The van der Waals surface area contributed by atoms with E-state index in [9.17, 15) is 5.11 Å². The second-order valence-corrected chi connectivity index (χ2v) is 15.0. The molecule has 8 heteroatoms. The van der Waals surface area contributed by atoms with Gasteiger partial charge in [-0.25, -0.2) is 0 Å². The van der Waals surface area contributed by atoms with Crippen LogP contribution in [-0.4, -0.2) is 98.4 Å². The van der Waals surface area contributed by atoms with Gasteiger partial charge in [0.2, 0.25) is 0 Å². The Kier molecular flexibility index (Phi) is 11.3. The predicted molar refractivity (Wildman–Crippen MR) is 212 cm³/mol. The van der Waals surface area contributed by atoms with Crippen molar-refractivity contribution in [2.75, 3.05) is 39.3 Å². The third-order valence-corrected chi connectivity index (χ3v) is 11.7. The average molecular weight is 704 g/mol. The Labute approximate surface area is 308 Å². The van der Waals surface area contributed by atoms with Gasteiger partial charge in [0.25, 0.3) is 0 Å². The Morgan fingerprint density at radius 2 is 1.32 bits per heavy atom. The van der Waals surface area contributed by atoms with Crippen molar-refractivity contribution in [3.8, 4) is 5.75 Å². The van der Waals surface area contributed by atoms with Crippen molar-refractivity contribution in [2.45, 2.75) is 62.7 Å². The lowest BCUT2D eigenvalue weighted by molar-refractivity contribution is 0.159. The van der Waals surface area contributed by atoms with Crippen LogP contribution < -0.4 is 5.32 Å². The fourth-order valence-electron chi connectivity index (χ4n) is 8.16. The maximum absolute atomic E-state index is 9.96. The molecule has 0 aromatic heterocycles. The van der Waals surface area contributed by atoms with E-state index in [4.69, 9.17) is 24.4 Å². The molecule has 1 unspecified atom stereocenters. The molecule has 2 N–H and O–H groups in total. The van der Waals surface area contributed by atoms with Gasteiger partial charge < -0.3 is 25.1 Å². The van der Waals surface area contributed by atoms with Crippen LogP contribution in [0.2, 0.25) is 0 Å². The average Bonchev–Trinajstić information content (AvgIpc) is 3.82. The first-order valence-corrected chi connectivity index (χ1v) is 19.1. The van der Waals surface area contributed by atoms with Gasteiger partial charge in [-0.3, -0.25) is 4.90 Å². The van der Waals surface area contributed by atoms with Gasteiger partial charge in [-0.1, -0.05) is 103 Å². The zero-order valence-electron chi connectivity index (χ0n) is 28.8. The number of hydrogen-bond donors (Lipinski definition) is 2. The topological polar surface area (TPSA) is 45.2 Å². The highest BCUT2D eigenvalue weighted by molar-refractivity contribution is 7.80. The van der Waals surface area contributed by atoms with Crippen LogP contribution in [0.15, 0.2) is 115 Å². The molecule has 3 saturated heterocycles. The quantitative estimate of drug-likeness (QED) is 0.148. The van der Waals surface area contributed by atoms with Crippen LogP contribution >= 0.6 is 24.4 Å². The predicted octanol–water partition coefficient (Wildman–Crippen LogP) is 6.33. The van der Waals surface area contributed by atoms with Crippen LogP contribution in [0.4, 0.5) is 0 Å². The Balaban J connectivity index is 1.10. The van der Waals surface area contributed by atoms with Crippen molar-refractivity contribution in [1.29, 1.82) is 0 Å². The second kappa shape index (κ2) is 16.4. The van der Waals surface area contributed by atoms with Gasteiger partial charge in [0, 0.05) is 44.8 Å². The standard InChI is InChI=1S/C42H49N5OS2/c48-40-20-18-35(19-21-40)27-39-31-47(42(50)45(39)24-22-32-11-4-1-5-12-32)38(26-34-15-8-3-9-16-34)29-44-23-10-17-36(44)30-46-37(28-43-41(46)49)25-33-13-6-2-7-14-33/h1-9,11-16,18-21,36-39,48H,10,17,22-31H2,(H,43,49)/t36?,37-,38-,39-/m0/s1. The molecular formula is C42H49N5OS2. The lowest BCUT2D eigenvalue weighted by Gasteiger charge is -2.37. The van der Waals surface area contributed by atoms with Crippen molar-refractivity contribution in [3.63, 3.8) is 0 Å². The molecule has 0 radical (unpaired) electrons. The summed E-state index contributed by atoms with van der Waals surface area (Å²) in [4.78, 5) is 10.2. The fourth-order valence-corrected chi connectivity index (χ4v) is 8.94. The number of nitrogens with one attached hydrogen (secondary N) is 1. The van der Waals surface area contributed by atoms with Gasteiger partial charge in [0.1, 0.15) is 5.75 Å². The zero-order chi connectivity index (χ0) is 34.3. The highest BCUT2D eigenvalue weighted by atomic mass is 32.1. The Morgan fingerprint density at radius 3 is 2.02 bits per heavy atom. The van der Waals surface area contributed by atoms with Crippen LogP contribution in [-0.2, 0) is 25.7 Å². The van der Waals surface area contributed by atoms with E-state index in [0.717, 1.165) is 75.2 Å². The van der Waals surface area contributed by atoms with Gasteiger partial charge in [-0.15, -0.1) is 0 Å². The molecule has 6 nitrogen and oxygen atoms in total. The molecule has 4 aromatic rings. The summed E-state index contributed by atoms with van der Waals surface area (Å²) < 4.78 is 0. The molecule has 50 heavy (non-hydrogen) atoms. The molecule has 0 saturated carbocycles. The molecule has 3 aliphatic rings. The van der Waals surface area contributed by atoms with Gasteiger partial charge in [0.05, 0.1) is 12.1 Å². The van der Waals surface area contributed by atoms with E-state index in [1.54, 1.807) is 12.1 Å². The van der Waals surface area contributed by atoms with Crippen LogP contribution in [0.5, 0.6) is 5.75 Å². The van der Waals surface area contributed by atoms with E-state index in [-0.39, 0.29) is 12.1 Å². The molecule has 7 rings (SSSR count). The van der Waals surface area contributed by atoms with E-state index in [0.29, 0.717) is 17.8 Å². The van der Waals surface area contributed by atoms with Gasteiger partial charge in [-0.05, 0) is 104 Å². The molecular weight excluding hydrogens is 655 g/mol. The molecule has 3 heterocycles. The summed E-state index contributed by atoms with van der Waals surface area (Å²) in [5.74, 6) is 0.304. The number of rotatable bonds is 14. The third-order valence-electron chi connectivity index (χ3n) is 10.8. The van der Waals surface area contributed by atoms with E-state index < -0.39 is 0 Å². The number of hydrogen-bond acceptors (Lipinski definition) is 4. The monoisotopic (exact) mass is 703 g/mol. The highest BCUT2D eigenvalue weighted by Crippen LogP contribution is 2.28. The first-order chi connectivity index (χ1) is 24.5. The maximum Gasteiger partial charge on any atom is 0.172 e. The lowest BCUT2D eigenvalue weighted by Crippen LogP contribution is -2.51. The summed E-state index contributed by atoms with van der Waals surface area (Å²) >= 11 is 12.3. The number of benzene rings is 4. The highest BCUT2D eigenvalue weighted by Gasteiger charge is 2.40. The fraction of sp³-hybridized carbons (Fsp3) is 0.381. The van der Waals surface area contributed by atoms with Crippen molar-refractivity contribution in [2.24, 2.45) is 0 Å². The third kappa shape index (κ3) is 8.48. The first-order valence-electron chi connectivity index (χ1n) is 18.3. The summed E-state index contributed by atoms with van der Waals surface area (Å²) in [5, 5.41) is 15.3. The largest absolute Gasteiger partial charge is 0.508 e. The number of thiocarbonyl (C=S) groups is 2. The number of phenolic OH excluding ortho intramolecular Hbond substituents is 1. The molecule has 0 aliphatic carbocycles. The Bertz CT molecular complexity index is 1690. The molecule has 3 aliphatic heterocycles. The lowest BCUT2D eigenvalue weighted by atomic mass is 10.0. The first kappa shape index (κ1) is 34.5. The Hall–Kier alpha value is -3.98. The van der Waals surface area contributed by atoms with Gasteiger partial charge >= 0.3 is 0 Å². The SMILES string of the molecule is Oc1ccc(C[C@H]2CN([C@@H](Cc3ccccc3)CN3CCCC3CN3C(=S)NC[C@@H]3Cc3ccccc3)C(=S)N2CCc2ccccc2)cc1. The minimum Gasteiger partial charge on any atom is -0.508 e. The summed E-state index contributed by atoms with van der Waals surface area (Å²) in [5.41, 5.74) is 5.27. The van der Waals surface area contributed by atoms with E-state index >= 15 is 0 Å². The van der Waals surface area contributed by atoms with E-state index in [2.05, 4.69) is 128 Å². The van der Waals surface area contributed by atoms with Gasteiger partial charge in [0.15, 0.2) is 10.2 Å². The van der Waals surface area contributed by atoms with Crippen LogP contribution in [0.3, 0.4) is 0 Å². The summed E-state index contributed by atoms with van der Waals surface area (Å²) in [6.07, 6.45) is 6.18. The maximum atomic E-state index is 9.96. The van der Waals surface area contributed by atoms with Crippen LogP contribution in [0.1, 0.15) is 35.1 Å². The molecule has 0 amide bonds. The number of aromatic hydroxyl groups is 1. The summed E-state index contributed by atoms with van der Waals surface area (Å²) in [7, 11) is 0. The number of nitrogens with zero attached hydrogens (tertiary/aromatic N) is 4. The minimum atomic E-state index is 0.248. The summed E-state index contributed by atoms with van der Waals surface area (Å²) in [6.45, 7) is 5.70. The van der Waals surface area contributed by atoms with Crippen molar-refractivity contribution < 1.29 is 5.11 Å². The Morgan fingerprint density at radius 1 is 0.700 bits per heavy atom. The van der Waals surface area contributed by atoms with Crippen molar-refractivity contribution >= 4 is 34.7 Å². The zero-order valence-corrected chi connectivity index (χ0v) is 30.4. The molecule has 0 spiro atoms. The van der Waals surface area contributed by atoms with Crippen molar-refractivity contribution in [3.05, 3.63) is 138 Å². The number of phenols is 1. The number of likely N-dealkylation sites (tertiary alicyclic amines) is 1. The minimum absolute atomic E-state index is 0.248. The van der Waals surface area contributed by atoms with E-state index in [1.807, 2.05) is 0 Å². The van der Waals surface area contributed by atoms with Crippen LogP contribution in [0, 0.1) is 0 Å².